The van der Waals surface area contributed by atoms with E-state index < -0.39 is 0 Å². The molecule has 1 aliphatic rings. The molecule has 0 amide bonds. The van der Waals surface area contributed by atoms with Crippen molar-refractivity contribution in [1.29, 1.82) is 0 Å². The molecule has 8 aromatic rings. The van der Waals surface area contributed by atoms with Gasteiger partial charge < -0.3 is 5.11 Å². The van der Waals surface area contributed by atoms with E-state index in [0.29, 0.717) is 11.7 Å². The van der Waals surface area contributed by atoms with Gasteiger partial charge >= 0.3 is 0 Å². The van der Waals surface area contributed by atoms with Gasteiger partial charge in [0.15, 0.2) is 0 Å². The number of fused-ring (bicyclic) bond motifs is 6. The second-order valence-corrected chi connectivity index (χ2v) is 12.6. The van der Waals surface area contributed by atoms with E-state index in [9.17, 15) is 5.11 Å². The topological polar surface area (TPSA) is 20.2 Å². The van der Waals surface area contributed by atoms with Gasteiger partial charge in [0.25, 0.3) is 0 Å². The fourth-order valence-corrected chi connectivity index (χ4v) is 7.82. The highest BCUT2D eigenvalue weighted by molar-refractivity contribution is 6.22. The average Bonchev–Trinajstić information content (AvgIpc) is 3.10. The van der Waals surface area contributed by atoms with E-state index in [2.05, 4.69) is 146 Å². The molecule has 1 atom stereocenters. The molecule has 1 aliphatic carbocycles. The summed E-state index contributed by atoms with van der Waals surface area (Å²) >= 11 is 0. The molecule has 0 saturated heterocycles. The summed E-state index contributed by atoms with van der Waals surface area (Å²) in [5.41, 5.74) is 9.85. The maximum atomic E-state index is 11.0. The molecule has 0 spiro atoms. The zero-order chi connectivity index (χ0) is 30.8. The van der Waals surface area contributed by atoms with E-state index in [1.54, 1.807) is 0 Å². The summed E-state index contributed by atoms with van der Waals surface area (Å²) in [5.74, 6) is 0.674. The summed E-state index contributed by atoms with van der Waals surface area (Å²) in [4.78, 5) is 0. The number of hydrogen-bond acceptors (Lipinski definition) is 1. The SMILES string of the molecule is CC1CC=Cc2c(-c3c4ccccc4c(-c4ccc(-c5ccc6ccccc6c5)cc4)c4ccccc34)cc3cccc(O)c3c21. The van der Waals surface area contributed by atoms with Gasteiger partial charge in [0.2, 0.25) is 0 Å². The Morgan fingerprint density at radius 1 is 0.522 bits per heavy atom. The van der Waals surface area contributed by atoms with Crippen LogP contribution < -0.4 is 0 Å². The van der Waals surface area contributed by atoms with Gasteiger partial charge in [0.1, 0.15) is 5.75 Å². The Kier molecular flexibility index (Phi) is 6.08. The van der Waals surface area contributed by atoms with Crippen LogP contribution >= 0.6 is 0 Å². The quantitative estimate of drug-likeness (QED) is 0.204. The van der Waals surface area contributed by atoms with Crippen LogP contribution in [0.15, 0.2) is 146 Å². The van der Waals surface area contributed by atoms with Crippen LogP contribution in [-0.4, -0.2) is 5.11 Å². The van der Waals surface area contributed by atoms with Crippen LogP contribution in [0.3, 0.4) is 0 Å². The van der Waals surface area contributed by atoms with Crippen molar-refractivity contribution in [3.63, 3.8) is 0 Å². The third kappa shape index (κ3) is 4.09. The number of benzene rings is 8. The van der Waals surface area contributed by atoms with E-state index in [4.69, 9.17) is 0 Å². The maximum Gasteiger partial charge on any atom is 0.123 e. The van der Waals surface area contributed by atoms with Gasteiger partial charge in [0, 0.05) is 5.39 Å². The summed E-state index contributed by atoms with van der Waals surface area (Å²) in [7, 11) is 0. The Bertz CT molecular complexity index is 2460. The van der Waals surface area contributed by atoms with E-state index in [-0.39, 0.29) is 0 Å². The van der Waals surface area contributed by atoms with Crippen molar-refractivity contribution in [3.8, 4) is 39.1 Å². The van der Waals surface area contributed by atoms with Crippen molar-refractivity contribution in [3.05, 3.63) is 157 Å². The first-order chi connectivity index (χ1) is 22.7. The van der Waals surface area contributed by atoms with Crippen LogP contribution in [0, 0.1) is 0 Å². The summed E-state index contributed by atoms with van der Waals surface area (Å²) in [5, 5.41) is 20.6. The molecule has 9 rings (SSSR count). The number of hydrogen-bond donors (Lipinski definition) is 1. The molecular weight excluding hydrogens is 556 g/mol. The molecule has 0 radical (unpaired) electrons. The van der Waals surface area contributed by atoms with Crippen molar-refractivity contribution >= 4 is 49.2 Å². The lowest BCUT2D eigenvalue weighted by Crippen LogP contribution is -2.04. The first-order valence-electron chi connectivity index (χ1n) is 16.1. The van der Waals surface area contributed by atoms with Crippen LogP contribution in [0.2, 0.25) is 0 Å². The largest absolute Gasteiger partial charge is 0.507 e. The van der Waals surface area contributed by atoms with Crippen LogP contribution in [0.4, 0.5) is 0 Å². The second-order valence-electron chi connectivity index (χ2n) is 12.6. The Balaban J connectivity index is 1.30. The van der Waals surface area contributed by atoms with Gasteiger partial charge in [0.05, 0.1) is 0 Å². The summed E-state index contributed by atoms with van der Waals surface area (Å²) < 4.78 is 0. The molecule has 46 heavy (non-hydrogen) atoms. The van der Waals surface area contributed by atoms with E-state index >= 15 is 0 Å². The normalized spacial score (nSPS) is 14.3. The van der Waals surface area contributed by atoms with Gasteiger partial charge in [-0.15, -0.1) is 0 Å². The Morgan fingerprint density at radius 2 is 1.11 bits per heavy atom. The number of phenols is 1. The van der Waals surface area contributed by atoms with Gasteiger partial charge in [-0.05, 0) is 113 Å². The lowest BCUT2D eigenvalue weighted by Gasteiger charge is -2.26. The van der Waals surface area contributed by atoms with E-state index in [1.165, 1.54) is 76.8 Å². The molecule has 1 nitrogen and oxygen atoms in total. The predicted molar refractivity (Wildman–Crippen MR) is 197 cm³/mol. The lowest BCUT2D eigenvalue weighted by atomic mass is 9.78. The first-order valence-corrected chi connectivity index (χ1v) is 16.1. The highest BCUT2D eigenvalue weighted by Gasteiger charge is 2.25. The minimum atomic E-state index is 0.314. The van der Waals surface area contributed by atoms with Gasteiger partial charge in [-0.1, -0.05) is 140 Å². The standard InChI is InChI=1S/C45H32O/c1-28-10-8-18-39-40(27-34-13-9-19-41(46)44(34)42(28)39)45-37-16-6-4-14-35(37)43(36-15-5-7-17-38(36)45)31-23-20-30(21-24-31)33-25-22-29-11-2-3-12-32(29)26-33/h2-9,11-28,46H,10H2,1H3. The van der Waals surface area contributed by atoms with Crippen molar-refractivity contribution in [1.82, 2.24) is 0 Å². The van der Waals surface area contributed by atoms with Crippen molar-refractivity contribution in [2.24, 2.45) is 0 Å². The number of allylic oxidation sites excluding steroid dienone is 1. The number of aromatic hydroxyl groups is 1. The first kappa shape index (κ1) is 26.7. The Labute approximate surface area is 268 Å². The van der Waals surface area contributed by atoms with Crippen molar-refractivity contribution in [2.45, 2.75) is 19.3 Å². The number of phenolic OH excluding ortho intramolecular Hbond substituents is 1. The lowest BCUT2D eigenvalue weighted by molar-refractivity contribution is 0.481. The minimum Gasteiger partial charge on any atom is -0.507 e. The monoisotopic (exact) mass is 588 g/mol. The Hall–Kier alpha value is -5.66. The second kappa shape index (κ2) is 10.5. The number of rotatable bonds is 3. The molecule has 1 unspecified atom stereocenters. The molecule has 0 aromatic heterocycles. The van der Waals surface area contributed by atoms with Crippen LogP contribution in [0.1, 0.15) is 30.4 Å². The smallest absolute Gasteiger partial charge is 0.123 e. The molecule has 0 heterocycles. The molecule has 8 aromatic carbocycles. The van der Waals surface area contributed by atoms with Crippen LogP contribution in [0.5, 0.6) is 5.75 Å². The summed E-state index contributed by atoms with van der Waals surface area (Å²) in [6.07, 6.45) is 5.53. The highest BCUT2D eigenvalue weighted by atomic mass is 16.3. The predicted octanol–water partition coefficient (Wildman–Crippen LogP) is 12.5. The molecule has 218 valence electrons. The van der Waals surface area contributed by atoms with E-state index in [0.717, 1.165) is 17.2 Å². The Morgan fingerprint density at radius 3 is 1.83 bits per heavy atom. The molecule has 1 N–H and O–H groups in total. The van der Waals surface area contributed by atoms with Crippen molar-refractivity contribution < 1.29 is 5.11 Å². The molecular formula is C45H32O. The third-order valence-corrected chi connectivity index (χ3v) is 9.95. The summed E-state index contributed by atoms with van der Waals surface area (Å²) in [6.45, 7) is 2.28. The van der Waals surface area contributed by atoms with Gasteiger partial charge in [-0.2, -0.15) is 0 Å². The summed E-state index contributed by atoms with van der Waals surface area (Å²) in [6, 6.07) is 50.3. The fourth-order valence-electron chi connectivity index (χ4n) is 7.82. The molecule has 0 fully saturated rings. The van der Waals surface area contributed by atoms with Crippen LogP contribution in [-0.2, 0) is 0 Å². The fraction of sp³-hybridized carbons (Fsp3) is 0.0667. The maximum absolute atomic E-state index is 11.0. The average molecular weight is 589 g/mol. The van der Waals surface area contributed by atoms with Crippen LogP contribution in [0.25, 0.3) is 82.5 Å². The zero-order valence-electron chi connectivity index (χ0n) is 25.7. The molecule has 0 aliphatic heterocycles. The molecule has 0 bridgehead atoms. The highest BCUT2D eigenvalue weighted by Crippen LogP contribution is 2.49. The zero-order valence-corrected chi connectivity index (χ0v) is 25.7. The molecule has 0 saturated carbocycles. The molecule has 1 heteroatoms. The minimum absolute atomic E-state index is 0.314. The van der Waals surface area contributed by atoms with Gasteiger partial charge in [-0.3, -0.25) is 0 Å². The van der Waals surface area contributed by atoms with Crippen molar-refractivity contribution in [2.75, 3.05) is 0 Å². The van der Waals surface area contributed by atoms with E-state index in [1.807, 2.05) is 12.1 Å². The third-order valence-electron chi connectivity index (χ3n) is 9.95. The van der Waals surface area contributed by atoms with Gasteiger partial charge in [-0.25, -0.2) is 0 Å².